The molecule has 0 bridgehead atoms. The Bertz CT molecular complexity index is 379. The van der Waals surface area contributed by atoms with E-state index in [1.165, 1.54) is 7.11 Å². The highest BCUT2D eigenvalue weighted by Gasteiger charge is 2.55. The van der Waals surface area contributed by atoms with Gasteiger partial charge in [-0.1, -0.05) is 0 Å². The van der Waals surface area contributed by atoms with Crippen molar-refractivity contribution in [1.82, 2.24) is 10.2 Å². The van der Waals surface area contributed by atoms with Crippen LogP contribution >= 0.6 is 0 Å². The number of carboxylic acids is 1. The summed E-state index contributed by atoms with van der Waals surface area (Å²) in [4.78, 5) is 13.3. The Kier molecular flexibility index (Phi) is 2.24. The van der Waals surface area contributed by atoms with Gasteiger partial charge in [0.1, 0.15) is 17.2 Å². The Morgan fingerprint density at radius 1 is 1.50 bits per heavy atom. The fourth-order valence-corrected chi connectivity index (χ4v) is 2.51. The summed E-state index contributed by atoms with van der Waals surface area (Å²) in [6.07, 6.45) is 7.20. The molecule has 0 aromatic rings. The number of carboxylic acid groups (broad SMARTS) is 1. The second kappa shape index (κ2) is 3.25. The fraction of sp³-hybridized carbons (Fsp3) is 0.545. The smallest absolute Gasteiger partial charge is 0.314 e. The summed E-state index contributed by atoms with van der Waals surface area (Å²) in [5.74, 6) is -1.57. The monoisotopic (exact) mass is 224 g/mol. The highest BCUT2D eigenvalue weighted by molar-refractivity contribution is 5.74. The topological polar surface area (TPSA) is 61.8 Å². The van der Waals surface area contributed by atoms with E-state index in [0.29, 0.717) is 0 Å². The maximum Gasteiger partial charge on any atom is 0.314 e. The van der Waals surface area contributed by atoms with Crippen LogP contribution in [0.4, 0.5) is 0 Å². The molecule has 2 heterocycles. The number of fused-ring (bicyclic) bond motifs is 1. The van der Waals surface area contributed by atoms with E-state index in [-0.39, 0.29) is 0 Å². The maximum absolute atomic E-state index is 11.5. The molecule has 3 atom stereocenters. The third kappa shape index (κ3) is 1.24. The Labute approximate surface area is 94.4 Å². The van der Waals surface area contributed by atoms with Crippen molar-refractivity contribution >= 4 is 5.97 Å². The third-order valence-electron chi connectivity index (χ3n) is 3.54. The van der Waals surface area contributed by atoms with Crippen LogP contribution in [0, 0.1) is 5.92 Å². The lowest BCUT2D eigenvalue weighted by Crippen LogP contribution is -2.64. The number of methoxy groups -OCH3 is 1. The minimum Gasteiger partial charge on any atom is -0.481 e. The minimum absolute atomic E-state index is 0.675. The zero-order valence-electron chi connectivity index (χ0n) is 9.60. The van der Waals surface area contributed by atoms with Crippen LogP contribution in [0.2, 0.25) is 0 Å². The normalized spacial score (nSPS) is 40.7. The minimum atomic E-state index is -0.877. The van der Waals surface area contributed by atoms with Crippen LogP contribution in [-0.2, 0) is 9.53 Å². The maximum atomic E-state index is 11.5. The summed E-state index contributed by atoms with van der Waals surface area (Å²) in [5, 5.41) is 12.5. The zero-order chi connectivity index (χ0) is 12.0. The van der Waals surface area contributed by atoms with E-state index >= 15 is 0 Å². The molecule has 2 rings (SSSR count). The van der Waals surface area contributed by atoms with E-state index in [1.54, 1.807) is 19.2 Å². The zero-order valence-corrected chi connectivity index (χ0v) is 9.60. The molecule has 16 heavy (non-hydrogen) atoms. The average Bonchev–Trinajstić information content (AvgIpc) is 2.57. The molecule has 5 heteroatoms. The van der Waals surface area contributed by atoms with Gasteiger partial charge in [0, 0.05) is 25.7 Å². The molecular weight excluding hydrogens is 208 g/mol. The molecule has 5 nitrogen and oxygen atoms in total. The summed E-state index contributed by atoms with van der Waals surface area (Å²) < 4.78 is 5.36. The first-order valence-electron chi connectivity index (χ1n) is 5.14. The lowest BCUT2D eigenvalue weighted by molar-refractivity contribution is -0.161. The molecule has 2 N–H and O–H groups in total. The van der Waals surface area contributed by atoms with Gasteiger partial charge in [0.15, 0.2) is 0 Å². The van der Waals surface area contributed by atoms with Crippen LogP contribution in [0.25, 0.3) is 0 Å². The van der Waals surface area contributed by atoms with Gasteiger partial charge < -0.3 is 20.1 Å². The molecule has 88 valence electrons. The number of nitrogens with one attached hydrogen (secondary N) is 1. The number of nitrogens with zero attached hydrogens (tertiary/aromatic N) is 1. The second-order valence-corrected chi connectivity index (χ2v) is 4.49. The quantitative estimate of drug-likeness (QED) is 0.723. The van der Waals surface area contributed by atoms with Crippen LogP contribution in [0.15, 0.2) is 24.7 Å². The Balaban J connectivity index is 2.49. The highest BCUT2D eigenvalue weighted by atomic mass is 16.5. The standard InChI is InChI=1S/C11H16N2O3/c1-10(16-3)4-6-13-7-5-12-11(13,2)8(10)9(14)15/h4-8,12H,1-3H3,(H,14,15). The molecule has 2 aliphatic heterocycles. The molecule has 0 spiro atoms. The molecule has 0 aromatic carbocycles. The van der Waals surface area contributed by atoms with E-state index in [4.69, 9.17) is 4.74 Å². The molecule has 0 saturated heterocycles. The van der Waals surface area contributed by atoms with Gasteiger partial charge in [-0.3, -0.25) is 4.79 Å². The molecular formula is C11H16N2O3. The summed E-state index contributed by atoms with van der Waals surface area (Å²) >= 11 is 0. The first-order chi connectivity index (χ1) is 7.44. The number of hydrogen-bond acceptors (Lipinski definition) is 4. The predicted molar refractivity (Wildman–Crippen MR) is 58.2 cm³/mol. The van der Waals surface area contributed by atoms with Crippen molar-refractivity contribution in [2.75, 3.05) is 7.11 Å². The molecule has 3 unspecified atom stereocenters. The Morgan fingerprint density at radius 2 is 2.19 bits per heavy atom. The van der Waals surface area contributed by atoms with Crippen molar-refractivity contribution < 1.29 is 14.6 Å². The Hall–Kier alpha value is -1.49. The van der Waals surface area contributed by atoms with Gasteiger partial charge in [0.05, 0.1) is 0 Å². The van der Waals surface area contributed by atoms with E-state index in [2.05, 4.69) is 5.32 Å². The van der Waals surface area contributed by atoms with Gasteiger partial charge in [-0.2, -0.15) is 0 Å². The predicted octanol–water partition coefficient (Wildman–Crippen LogP) is 0.712. The molecule has 0 radical (unpaired) electrons. The average molecular weight is 224 g/mol. The SMILES string of the molecule is COC1(C)C=CN2C=CNC2(C)C1C(=O)O. The van der Waals surface area contributed by atoms with Crippen molar-refractivity contribution in [2.45, 2.75) is 25.1 Å². The summed E-state index contributed by atoms with van der Waals surface area (Å²) in [7, 11) is 1.53. The first-order valence-corrected chi connectivity index (χ1v) is 5.14. The summed E-state index contributed by atoms with van der Waals surface area (Å²) in [6.45, 7) is 3.64. The number of hydrogen-bond donors (Lipinski definition) is 2. The van der Waals surface area contributed by atoms with Crippen molar-refractivity contribution in [1.29, 1.82) is 0 Å². The highest BCUT2D eigenvalue weighted by Crippen LogP contribution is 2.40. The van der Waals surface area contributed by atoms with Crippen LogP contribution in [0.1, 0.15) is 13.8 Å². The summed E-state index contributed by atoms with van der Waals surface area (Å²) in [5.41, 5.74) is -1.48. The van der Waals surface area contributed by atoms with Gasteiger partial charge in [0.25, 0.3) is 0 Å². The van der Waals surface area contributed by atoms with Crippen LogP contribution < -0.4 is 5.32 Å². The van der Waals surface area contributed by atoms with Gasteiger partial charge >= 0.3 is 5.97 Å². The van der Waals surface area contributed by atoms with Gasteiger partial charge in [0.2, 0.25) is 0 Å². The van der Waals surface area contributed by atoms with E-state index in [1.807, 2.05) is 24.2 Å². The number of carbonyl (C=O) groups is 1. The van der Waals surface area contributed by atoms with Crippen LogP contribution in [-0.4, -0.2) is 34.3 Å². The lowest BCUT2D eigenvalue weighted by atomic mass is 9.76. The fourth-order valence-electron chi connectivity index (χ4n) is 2.51. The molecule has 0 amide bonds. The van der Waals surface area contributed by atoms with E-state index in [9.17, 15) is 9.90 Å². The van der Waals surface area contributed by atoms with Crippen molar-refractivity contribution in [3.63, 3.8) is 0 Å². The Morgan fingerprint density at radius 3 is 2.75 bits per heavy atom. The van der Waals surface area contributed by atoms with Crippen molar-refractivity contribution in [3.8, 4) is 0 Å². The number of aliphatic carboxylic acids is 1. The van der Waals surface area contributed by atoms with E-state index < -0.39 is 23.2 Å². The summed E-state index contributed by atoms with van der Waals surface area (Å²) in [6, 6.07) is 0. The first kappa shape index (κ1) is 11.0. The lowest BCUT2D eigenvalue weighted by Gasteiger charge is -2.48. The molecule has 0 aromatic heterocycles. The van der Waals surface area contributed by atoms with E-state index in [0.717, 1.165) is 0 Å². The van der Waals surface area contributed by atoms with Gasteiger partial charge in [-0.15, -0.1) is 0 Å². The van der Waals surface area contributed by atoms with Gasteiger partial charge in [-0.25, -0.2) is 0 Å². The largest absolute Gasteiger partial charge is 0.481 e. The number of ether oxygens (including phenoxy) is 1. The third-order valence-corrected chi connectivity index (χ3v) is 3.54. The molecule has 0 fully saturated rings. The van der Waals surface area contributed by atoms with Crippen molar-refractivity contribution in [3.05, 3.63) is 24.7 Å². The van der Waals surface area contributed by atoms with Crippen LogP contribution in [0.3, 0.4) is 0 Å². The molecule has 2 aliphatic rings. The van der Waals surface area contributed by atoms with Crippen LogP contribution in [0.5, 0.6) is 0 Å². The molecule has 0 aliphatic carbocycles. The second-order valence-electron chi connectivity index (χ2n) is 4.49. The van der Waals surface area contributed by atoms with Crippen molar-refractivity contribution in [2.24, 2.45) is 5.92 Å². The number of rotatable bonds is 2. The molecule has 0 saturated carbocycles. The van der Waals surface area contributed by atoms with Gasteiger partial charge in [-0.05, 0) is 19.9 Å².